The number of fused-ring (bicyclic) bond motifs is 1. The Morgan fingerprint density at radius 3 is 2.43 bits per heavy atom. The fourth-order valence-electron chi connectivity index (χ4n) is 3.41. The lowest BCUT2D eigenvalue weighted by Crippen LogP contribution is -2.16. The highest BCUT2D eigenvalue weighted by molar-refractivity contribution is 7.78. The lowest BCUT2D eigenvalue weighted by molar-refractivity contribution is -0.108. The van der Waals surface area contributed by atoms with Gasteiger partial charge in [0.15, 0.2) is 0 Å². The van der Waals surface area contributed by atoms with Crippen molar-refractivity contribution in [3.63, 3.8) is 0 Å². The van der Waals surface area contributed by atoms with Crippen molar-refractivity contribution in [3.05, 3.63) is 94.8 Å². The summed E-state index contributed by atoms with van der Waals surface area (Å²) < 4.78 is 55.0. The largest absolute Gasteiger partial charge is 0.772 e. The van der Waals surface area contributed by atoms with Crippen LogP contribution >= 0.6 is 0 Å². The first kappa shape index (κ1) is 20.1. The van der Waals surface area contributed by atoms with E-state index in [9.17, 15) is 22.3 Å². The topological polar surface area (TPSA) is 79.3 Å². The Morgan fingerprint density at radius 2 is 1.80 bits per heavy atom. The van der Waals surface area contributed by atoms with Gasteiger partial charge in [-0.05, 0) is 23.8 Å². The maximum atomic E-state index is 13.8. The van der Waals surface area contributed by atoms with Crippen molar-refractivity contribution in [3.8, 4) is 5.75 Å². The number of aldehydes is 1. The first-order valence-corrected chi connectivity index (χ1v) is 10.1. The minimum absolute atomic E-state index is 0.139. The van der Waals surface area contributed by atoms with Crippen molar-refractivity contribution >= 4 is 28.7 Å². The van der Waals surface area contributed by atoms with Crippen LogP contribution in [-0.2, 0) is 21.6 Å². The van der Waals surface area contributed by atoms with Gasteiger partial charge in [-0.3, -0.25) is 4.21 Å². The van der Waals surface area contributed by atoms with Crippen LogP contribution in [0, 0.1) is 11.8 Å². The number of carbonyl (C=O) groups is 1. The maximum absolute atomic E-state index is 13.8. The van der Waals surface area contributed by atoms with Crippen LogP contribution in [0.4, 0.5) is 8.78 Å². The zero-order valence-corrected chi connectivity index (χ0v) is 16.2. The third-order valence-electron chi connectivity index (χ3n) is 4.75. The van der Waals surface area contributed by atoms with Gasteiger partial charge in [0, 0.05) is 40.3 Å². The molecular formula is C22H14F2NO4S-. The molecule has 8 heteroatoms. The molecule has 1 aliphatic heterocycles. The fourth-order valence-corrected chi connectivity index (χ4v) is 3.87. The summed E-state index contributed by atoms with van der Waals surface area (Å²) in [5.41, 5.74) is 2.54. The maximum Gasteiger partial charge on any atom is 0.212 e. The van der Waals surface area contributed by atoms with Crippen molar-refractivity contribution < 1.29 is 27.1 Å². The summed E-state index contributed by atoms with van der Waals surface area (Å²) in [7, 11) is 0. The van der Waals surface area contributed by atoms with Gasteiger partial charge >= 0.3 is 0 Å². The average Bonchev–Trinajstić information content (AvgIpc) is 2.73. The van der Waals surface area contributed by atoms with Crippen LogP contribution in [0.2, 0.25) is 0 Å². The lowest BCUT2D eigenvalue weighted by atomic mass is 9.84. The number of allylic oxidation sites excluding steroid dienone is 1. The fraction of sp³-hybridized carbons (Fsp3) is 0.0909. The van der Waals surface area contributed by atoms with Gasteiger partial charge in [0.25, 0.3) is 0 Å². The molecule has 0 saturated heterocycles. The molecule has 0 N–H and O–H groups in total. The molecule has 2 aromatic carbocycles. The molecule has 152 valence electrons. The number of ether oxygens (including phenoxy) is 1. The number of halogens is 2. The normalized spacial score (nSPS) is 16.6. The van der Waals surface area contributed by atoms with Gasteiger partial charge in [0.05, 0.1) is 5.92 Å². The van der Waals surface area contributed by atoms with E-state index < -0.39 is 28.8 Å². The van der Waals surface area contributed by atoms with E-state index in [0.717, 1.165) is 0 Å². The Labute approximate surface area is 173 Å². The minimum Gasteiger partial charge on any atom is -0.772 e. The molecule has 2 atom stereocenters. The molecule has 0 radical (unpaired) electrons. The number of hydrogen-bond donors (Lipinski definition) is 0. The second-order valence-electron chi connectivity index (χ2n) is 6.66. The monoisotopic (exact) mass is 426 g/mol. The number of aromatic nitrogens is 1. The molecule has 30 heavy (non-hydrogen) atoms. The van der Waals surface area contributed by atoms with E-state index in [1.165, 1.54) is 36.5 Å². The summed E-state index contributed by atoms with van der Waals surface area (Å²) in [6, 6.07) is 13.1. The first-order chi connectivity index (χ1) is 14.5. The summed E-state index contributed by atoms with van der Waals surface area (Å²) >= 11 is -2.23. The summed E-state index contributed by atoms with van der Waals surface area (Å²) in [5, 5.41) is 0. The number of benzene rings is 2. The van der Waals surface area contributed by atoms with E-state index in [1.54, 1.807) is 24.3 Å². The Kier molecular flexibility index (Phi) is 5.52. The van der Waals surface area contributed by atoms with Crippen LogP contribution in [0.5, 0.6) is 5.75 Å². The molecule has 0 amide bonds. The first-order valence-electron chi connectivity index (χ1n) is 8.90. The highest BCUT2D eigenvalue weighted by Crippen LogP contribution is 2.46. The van der Waals surface area contributed by atoms with Crippen LogP contribution in [0.15, 0.2) is 60.8 Å². The van der Waals surface area contributed by atoms with Crippen molar-refractivity contribution in [2.75, 3.05) is 0 Å². The average molecular weight is 426 g/mol. The molecule has 1 aliphatic rings. The van der Waals surface area contributed by atoms with Crippen LogP contribution < -0.4 is 4.74 Å². The SMILES string of the molecule is O=CC1C(c2ccc(F)nc2)=C(c2ccc(CS(=O)[O-])cc2)Oc2cc(F)ccc21. The van der Waals surface area contributed by atoms with E-state index in [-0.39, 0.29) is 17.3 Å². The quantitative estimate of drug-likeness (QED) is 0.350. The Morgan fingerprint density at radius 1 is 1.07 bits per heavy atom. The molecule has 2 heterocycles. The molecule has 3 aromatic rings. The standard InChI is InChI=1S/C22H15F2NO4S/c23-16-6-7-17-18(11-26)21(15-5-8-20(24)25-10-15)22(29-19(17)9-16)14-3-1-13(2-4-14)12-30(27)28/h1-11,18H,12H2,(H,27,28)/p-1. The van der Waals surface area contributed by atoms with Gasteiger partial charge in [-0.2, -0.15) is 4.39 Å². The third kappa shape index (κ3) is 3.92. The lowest BCUT2D eigenvalue weighted by Gasteiger charge is -2.28. The predicted molar refractivity (Wildman–Crippen MR) is 106 cm³/mol. The molecule has 1 aromatic heterocycles. The second kappa shape index (κ2) is 8.25. The van der Waals surface area contributed by atoms with Crippen molar-refractivity contribution in [1.29, 1.82) is 0 Å². The van der Waals surface area contributed by atoms with Crippen LogP contribution in [0.25, 0.3) is 11.3 Å². The zero-order chi connectivity index (χ0) is 21.3. The predicted octanol–water partition coefficient (Wildman–Crippen LogP) is 3.98. The third-order valence-corrected chi connectivity index (χ3v) is 5.32. The number of nitrogens with zero attached hydrogens (tertiary/aromatic N) is 1. The highest BCUT2D eigenvalue weighted by Gasteiger charge is 2.32. The minimum atomic E-state index is -2.23. The van der Waals surface area contributed by atoms with Crippen LogP contribution in [-0.4, -0.2) is 20.0 Å². The number of pyridine rings is 1. The van der Waals surface area contributed by atoms with Crippen LogP contribution in [0.3, 0.4) is 0 Å². The van der Waals surface area contributed by atoms with Gasteiger partial charge in [-0.15, -0.1) is 0 Å². The molecule has 4 rings (SSSR count). The van der Waals surface area contributed by atoms with Crippen molar-refractivity contribution in [1.82, 2.24) is 4.98 Å². The molecule has 0 spiro atoms. The zero-order valence-electron chi connectivity index (χ0n) is 15.4. The van der Waals surface area contributed by atoms with Gasteiger partial charge in [-0.1, -0.05) is 41.4 Å². The van der Waals surface area contributed by atoms with Gasteiger partial charge in [0.1, 0.15) is 23.6 Å². The number of rotatable bonds is 5. The molecule has 0 fully saturated rings. The van der Waals surface area contributed by atoms with E-state index >= 15 is 0 Å². The molecule has 5 nitrogen and oxygen atoms in total. The second-order valence-corrected chi connectivity index (χ2v) is 7.55. The van der Waals surface area contributed by atoms with Gasteiger partial charge < -0.3 is 14.1 Å². The Hall–Kier alpha value is -3.23. The number of hydrogen-bond acceptors (Lipinski definition) is 5. The molecular weight excluding hydrogens is 412 g/mol. The van der Waals surface area contributed by atoms with Crippen molar-refractivity contribution in [2.24, 2.45) is 0 Å². The highest BCUT2D eigenvalue weighted by atomic mass is 32.2. The molecule has 0 aliphatic carbocycles. The Bertz CT molecular complexity index is 1160. The summed E-state index contributed by atoms with van der Waals surface area (Å²) in [6.07, 6.45) is 2.01. The summed E-state index contributed by atoms with van der Waals surface area (Å²) in [4.78, 5) is 15.7. The number of carbonyl (C=O) groups excluding carboxylic acids is 1. The smallest absolute Gasteiger partial charge is 0.212 e. The summed E-state index contributed by atoms with van der Waals surface area (Å²) in [5.74, 6) is -1.62. The molecule has 0 saturated carbocycles. The van der Waals surface area contributed by atoms with Gasteiger partial charge in [-0.25, -0.2) is 9.37 Å². The van der Waals surface area contributed by atoms with E-state index in [4.69, 9.17) is 4.74 Å². The molecule has 0 bridgehead atoms. The van der Waals surface area contributed by atoms with Crippen LogP contribution in [0.1, 0.15) is 28.2 Å². The Balaban J connectivity index is 1.90. The van der Waals surface area contributed by atoms with Crippen molar-refractivity contribution in [2.45, 2.75) is 11.7 Å². The van der Waals surface area contributed by atoms with E-state index in [2.05, 4.69) is 4.98 Å². The molecule has 2 unspecified atom stereocenters. The summed E-state index contributed by atoms with van der Waals surface area (Å²) in [6.45, 7) is 0. The van der Waals surface area contributed by atoms with E-state index in [1.807, 2.05) is 0 Å². The van der Waals surface area contributed by atoms with Gasteiger partial charge in [0.2, 0.25) is 5.95 Å². The van der Waals surface area contributed by atoms with E-state index in [0.29, 0.717) is 34.1 Å².